The van der Waals surface area contributed by atoms with Gasteiger partial charge < -0.3 is 0 Å². The Bertz CT molecular complexity index is 716. The van der Waals surface area contributed by atoms with Gasteiger partial charge in [0, 0.05) is 20.1 Å². The van der Waals surface area contributed by atoms with Crippen molar-refractivity contribution in [1.29, 1.82) is 0 Å². The quantitative estimate of drug-likeness (QED) is 0.192. The molecule has 41 heavy (non-hydrogen) atoms. The van der Waals surface area contributed by atoms with Crippen molar-refractivity contribution in [2.75, 3.05) is 0 Å². The minimum absolute atomic E-state index is 0. The summed E-state index contributed by atoms with van der Waals surface area (Å²) in [6.45, 7) is 0. The van der Waals surface area contributed by atoms with E-state index in [-0.39, 0.29) is 20.1 Å². The zero-order chi connectivity index (χ0) is 26.2. The molecule has 9 aliphatic rings. The first-order valence-corrected chi connectivity index (χ1v) is 17.9. The fourth-order valence-corrected chi connectivity index (χ4v) is 12.0. The molecule has 0 aromatic rings. The minimum atomic E-state index is 0. The Labute approximate surface area is 261 Å². The molecular weight excluding hydrogens is 689 g/mol. The SMILES string of the molecule is C1CCC2C3NC(NC4NC(NC5NC(NC6NC(N3)C3CCCCC63)C3CCCCC53)C3CCCCC43)C2C1.[Ir]. The summed E-state index contributed by atoms with van der Waals surface area (Å²) in [6, 6.07) is 0. The fourth-order valence-electron chi connectivity index (χ4n) is 12.0. The first-order valence-electron chi connectivity index (χ1n) is 17.9. The molecule has 0 aromatic carbocycles. The van der Waals surface area contributed by atoms with E-state index in [0.29, 0.717) is 49.3 Å². The molecule has 9 rings (SSSR count). The molecule has 0 aromatic heterocycles. The van der Waals surface area contributed by atoms with Crippen LogP contribution in [0, 0.1) is 47.3 Å². The fraction of sp³-hybridized carbons (Fsp3) is 1.00. The molecule has 0 amide bonds. The maximum Gasteiger partial charge on any atom is 0.0628 e. The summed E-state index contributed by atoms with van der Waals surface area (Å²) in [5, 5.41) is 33.8. The summed E-state index contributed by atoms with van der Waals surface area (Å²) >= 11 is 0. The summed E-state index contributed by atoms with van der Waals surface area (Å²) in [7, 11) is 0. The van der Waals surface area contributed by atoms with Crippen LogP contribution in [0.2, 0.25) is 0 Å². The Morgan fingerprint density at radius 3 is 0.463 bits per heavy atom. The smallest absolute Gasteiger partial charge is 0.0628 e. The Balaban J connectivity index is 0.00000256. The van der Waals surface area contributed by atoms with Gasteiger partial charge in [0.25, 0.3) is 0 Å². The van der Waals surface area contributed by atoms with Crippen molar-refractivity contribution in [3.63, 3.8) is 0 Å². The molecule has 8 nitrogen and oxygen atoms in total. The van der Waals surface area contributed by atoms with Crippen LogP contribution in [0.15, 0.2) is 0 Å². The first-order chi connectivity index (χ1) is 19.8. The van der Waals surface area contributed by atoms with Gasteiger partial charge in [-0.25, -0.2) is 0 Å². The van der Waals surface area contributed by atoms with Gasteiger partial charge in [0.1, 0.15) is 0 Å². The summed E-state index contributed by atoms with van der Waals surface area (Å²) in [6.07, 6.45) is 25.6. The van der Waals surface area contributed by atoms with Crippen molar-refractivity contribution in [3.05, 3.63) is 0 Å². The van der Waals surface area contributed by atoms with Crippen LogP contribution in [0.3, 0.4) is 0 Å². The molecule has 4 aliphatic carbocycles. The Morgan fingerprint density at radius 2 is 0.341 bits per heavy atom. The van der Waals surface area contributed by atoms with E-state index in [9.17, 15) is 0 Å². The third kappa shape index (κ3) is 5.05. The van der Waals surface area contributed by atoms with Crippen LogP contribution >= 0.6 is 0 Å². The van der Waals surface area contributed by atoms with Crippen molar-refractivity contribution in [2.24, 2.45) is 47.3 Å². The molecule has 5 heterocycles. The van der Waals surface area contributed by atoms with Crippen LogP contribution in [0.25, 0.3) is 0 Å². The molecule has 9 fully saturated rings. The topological polar surface area (TPSA) is 96.2 Å². The van der Waals surface area contributed by atoms with Crippen LogP contribution in [0.5, 0.6) is 0 Å². The van der Waals surface area contributed by atoms with E-state index < -0.39 is 0 Å². The normalized spacial score (nSPS) is 56.2. The molecular formula is C32H56IrN8. The van der Waals surface area contributed by atoms with Crippen LogP contribution in [0.1, 0.15) is 103 Å². The summed E-state index contributed by atoms with van der Waals surface area (Å²) in [4.78, 5) is 0. The van der Waals surface area contributed by atoms with Gasteiger partial charge >= 0.3 is 0 Å². The van der Waals surface area contributed by atoms with Crippen molar-refractivity contribution < 1.29 is 20.1 Å². The van der Waals surface area contributed by atoms with Crippen molar-refractivity contribution in [3.8, 4) is 0 Å². The average molecular weight is 745 g/mol. The van der Waals surface area contributed by atoms with Crippen LogP contribution in [-0.2, 0) is 20.1 Å². The van der Waals surface area contributed by atoms with E-state index in [1.165, 1.54) is 103 Å². The monoisotopic (exact) mass is 745 g/mol. The molecule has 8 unspecified atom stereocenters. The maximum absolute atomic E-state index is 4.26. The second-order valence-corrected chi connectivity index (χ2v) is 15.6. The Hall–Kier alpha value is 0.329. The summed E-state index contributed by atoms with van der Waals surface area (Å²) in [5.74, 6) is 5.97. The van der Waals surface area contributed by atoms with Crippen LogP contribution < -0.4 is 42.5 Å². The molecule has 4 saturated carbocycles. The van der Waals surface area contributed by atoms with E-state index in [1.54, 1.807) is 0 Å². The Kier molecular flexibility index (Phi) is 8.37. The number of fused-ring (bicyclic) bond motifs is 20. The third-order valence-corrected chi connectivity index (χ3v) is 13.8. The van der Waals surface area contributed by atoms with Gasteiger partial charge in [-0.15, -0.1) is 0 Å². The second-order valence-electron chi connectivity index (χ2n) is 15.6. The molecule has 5 aliphatic heterocycles. The molecule has 5 saturated heterocycles. The number of nitrogens with one attached hydrogen (secondary N) is 8. The molecule has 8 bridgehead atoms. The van der Waals surface area contributed by atoms with Gasteiger partial charge in [0.15, 0.2) is 0 Å². The minimum Gasteiger partial charge on any atom is -0.286 e. The van der Waals surface area contributed by atoms with Gasteiger partial charge in [-0.3, -0.25) is 42.5 Å². The number of hydrogen-bond donors (Lipinski definition) is 8. The third-order valence-electron chi connectivity index (χ3n) is 13.8. The molecule has 1 radical (unpaired) electrons. The van der Waals surface area contributed by atoms with E-state index in [4.69, 9.17) is 0 Å². The predicted molar refractivity (Wildman–Crippen MR) is 157 cm³/mol. The van der Waals surface area contributed by atoms with E-state index in [1.807, 2.05) is 0 Å². The van der Waals surface area contributed by atoms with Gasteiger partial charge in [-0.05, 0) is 98.7 Å². The van der Waals surface area contributed by atoms with Gasteiger partial charge in [-0.2, -0.15) is 0 Å². The second kappa shape index (κ2) is 11.9. The molecule has 0 spiro atoms. The van der Waals surface area contributed by atoms with Crippen molar-refractivity contribution >= 4 is 0 Å². The zero-order valence-corrected chi connectivity index (χ0v) is 27.3. The predicted octanol–water partition coefficient (Wildman–Crippen LogP) is 2.60. The van der Waals surface area contributed by atoms with E-state index in [2.05, 4.69) is 42.5 Å². The molecule has 233 valence electrons. The number of rotatable bonds is 0. The number of hydrogen-bond acceptors (Lipinski definition) is 8. The summed E-state index contributed by atoms with van der Waals surface area (Å²) < 4.78 is 0. The van der Waals surface area contributed by atoms with Gasteiger partial charge in [0.05, 0.1) is 49.3 Å². The summed E-state index contributed by atoms with van der Waals surface area (Å²) in [5.41, 5.74) is 0. The van der Waals surface area contributed by atoms with Crippen LogP contribution in [0.4, 0.5) is 0 Å². The maximum atomic E-state index is 4.26. The van der Waals surface area contributed by atoms with Crippen molar-refractivity contribution in [1.82, 2.24) is 42.5 Å². The van der Waals surface area contributed by atoms with Crippen LogP contribution in [-0.4, -0.2) is 49.3 Å². The van der Waals surface area contributed by atoms with Gasteiger partial charge in [-0.1, -0.05) is 51.4 Å². The molecule has 8 N–H and O–H groups in total. The molecule has 9 heteroatoms. The molecule has 8 atom stereocenters. The first kappa shape index (κ1) is 28.8. The Morgan fingerprint density at radius 1 is 0.220 bits per heavy atom. The average Bonchev–Trinajstić information content (AvgIpc) is 3.73. The zero-order valence-electron chi connectivity index (χ0n) is 24.9. The standard InChI is InChI=1S/C32H56N8.Ir/c1-2-10-18-17(9-1)25-33-26(18)38-28-21-13-5-6-14-22(21)30(35-28)40-32-24-16-8-7-15-23(24)31(36-32)39-29-20-12-4-3-11-19(20)27(34-29)37-25;/h17-40H,1-16H2;. The largest absolute Gasteiger partial charge is 0.286 e. The van der Waals surface area contributed by atoms with Gasteiger partial charge in [0.2, 0.25) is 0 Å². The van der Waals surface area contributed by atoms with E-state index >= 15 is 0 Å². The van der Waals surface area contributed by atoms with E-state index in [0.717, 1.165) is 47.3 Å². The van der Waals surface area contributed by atoms with Crippen molar-refractivity contribution in [2.45, 2.75) is 152 Å².